The van der Waals surface area contributed by atoms with E-state index in [0.717, 1.165) is 31.4 Å². The molecule has 3 nitrogen and oxygen atoms in total. The molecule has 1 aliphatic heterocycles. The maximum Gasteiger partial charge on any atom is 0.267 e. The van der Waals surface area contributed by atoms with Crippen LogP contribution in [0.1, 0.15) is 30.4 Å². The second-order valence-corrected chi connectivity index (χ2v) is 4.72. The van der Waals surface area contributed by atoms with E-state index >= 15 is 0 Å². The Morgan fingerprint density at radius 2 is 2.11 bits per heavy atom. The van der Waals surface area contributed by atoms with Crippen molar-refractivity contribution in [2.75, 3.05) is 20.8 Å². The summed E-state index contributed by atoms with van der Waals surface area (Å²) in [4.78, 5) is 0. The highest BCUT2D eigenvalue weighted by molar-refractivity contribution is 5.50. The fourth-order valence-corrected chi connectivity index (χ4v) is 2.55. The number of hydrogen-bond donors (Lipinski definition) is 1. The lowest BCUT2D eigenvalue weighted by atomic mass is 10.0. The molecule has 5 heteroatoms. The Hall–Kier alpha value is -1.36. The smallest absolute Gasteiger partial charge is 0.267 e. The molecule has 0 amide bonds. The molecular formula is C14H19F2NO2. The minimum Gasteiger partial charge on any atom is -0.493 e. The third kappa shape index (κ3) is 3.15. The standard InChI is InChI=1S/C14H19F2NO2/c1-18-12-8-9(6-10-4-3-5-17-10)7-11(14(15)16)13(12)19-2/h7-8,10,14,17H,3-6H2,1-2H3. The monoisotopic (exact) mass is 271 g/mol. The molecule has 1 N–H and O–H groups in total. The summed E-state index contributed by atoms with van der Waals surface area (Å²) in [5, 5.41) is 3.36. The van der Waals surface area contributed by atoms with E-state index in [1.165, 1.54) is 20.3 Å². The zero-order valence-corrected chi connectivity index (χ0v) is 11.2. The second kappa shape index (κ2) is 6.19. The lowest BCUT2D eigenvalue weighted by Crippen LogP contribution is -2.23. The van der Waals surface area contributed by atoms with Crippen molar-refractivity contribution in [3.8, 4) is 11.5 Å². The Morgan fingerprint density at radius 1 is 1.32 bits per heavy atom. The van der Waals surface area contributed by atoms with E-state index < -0.39 is 6.43 Å². The third-order valence-electron chi connectivity index (χ3n) is 3.45. The fourth-order valence-electron chi connectivity index (χ4n) is 2.55. The number of hydrogen-bond acceptors (Lipinski definition) is 3. The van der Waals surface area contributed by atoms with Gasteiger partial charge in [0.2, 0.25) is 0 Å². The number of alkyl halides is 2. The van der Waals surface area contributed by atoms with Crippen LogP contribution in [0.25, 0.3) is 0 Å². The summed E-state index contributed by atoms with van der Waals surface area (Å²) in [7, 11) is 2.84. The molecule has 1 atom stereocenters. The van der Waals surface area contributed by atoms with Crippen LogP contribution in [0, 0.1) is 0 Å². The Labute approximate surface area is 111 Å². The highest BCUT2D eigenvalue weighted by atomic mass is 19.3. The number of rotatable bonds is 5. The first-order valence-corrected chi connectivity index (χ1v) is 6.42. The molecule has 2 rings (SSSR count). The van der Waals surface area contributed by atoms with Gasteiger partial charge in [-0.3, -0.25) is 0 Å². The Morgan fingerprint density at radius 3 is 2.63 bits per heavy atom. The van der Waals surface area contributed by atoms with Gasteiger partial charge in [-0.05, 0) is 43.5 Å². The molecule has 1 aromatic rings. The molecule has 1 saturated heterocycles. The van der Waals surface area contributed by atoms with Crippen LogP contribution in [0.5, 0.6) is 11.5 Å². The normalized spacial score (nSPS) is 18.9. The second-order valence-electron chi connectivity index (χ2n) is 4.72. The number of nitrogens with one attached hydrogen (secondary N) is 1. The minimum atomic E-state index is -2.57. The van der Waals surface area contributed by atoms with Crippen LogP contribution in [-0.4, -0.2) is 26.8 Å². The molecule has 1 aromatic carbocycles. The topological polar surface area (TPSA) is 30.5 Å². The van der Waals surface area contributed by atoms with Crippen molar-refractivity contribution < 1.29 is 18.3 Å². The summed E-state index contributed by atoms with van der Waals surface area (Å²) >= 11 is 0. The van der Waals surface area contributed by atoms with E-state index in [1.807, 2.05) is 0 Å². The summed E-state index contributed by atoms with van der Waals surface area (Å²) in [6, 6.07) is 3.67. The van der Waals surface area contributed by atoms with Gasteiger partial charge in [-0.25, -0.2) is 8.78 Å². The highest BCUT2D eigenvalue weighted by Crippen LogP contribution is 2.38. The van der Waals surface area contributed by atoms with Gasteiger partial charge in [-0.2, -0.15) is 0 Å². The molecule has 0 spiro atoms. The molecule has 0 aliphatic carbocycles. The summed E-state index contributed by atoms with van der Waals surface area (Å²) in [6.07, 6.45) is 0.387. The van der Waals surface area contributed by atoms with Crippen molar-refractivity contribution in [3.63, 3.8) is 0 Å². The largest absolute Gasteiger partial charge is 0.493 e. The van der Waals surface area contributed by atoms with Gasteiger partial charge in [0.25, 0.3) is 6.43 Å². The van der Waals surface area contributed by atoms with E-state index in [1.54, 1.807) is 6.07 Å². The van der Waals surface area contributed by atoms with Crippen molar-refractivity contribution >= 4 is 0 Å². The van der Waals surface area contributed by atoms with Crippen LogP contribution in [0.15, 0.2) is 12.1 Å². The predicted octanol–water partition coefficient (Wildman–Crippen LogP) is 2.94. The van der Waals surface area contributed by atoms with Gasteiger partial charge in [-0.15, -0.1) is 0 Å². The van der Waals surface area contributed by atoms with Crippen LogP contribution in [-0.2, 0) is 6.42 Å². The van der Waals surface area contributed by atoms with Gasteiger partial charge in [0, 0.05) is 6.04 Å². The highest BCUT2D eigenvalue weighted by Gasteiger charge is 2.21. The molecule has 19 heavy (non-hydrogen) atoms. The van der Waals surface area contributed by atoms with Crippen LogP contribution in [0.4, 0.5) is 8.78 Å². The zero-order valence-electron chi connectivity index (χ0n) is 11.2. The van der Waals surface area contributed by atoms with E-state index in [2.05, 4.69) is 5.32 Å². The summed E-state index contributed by atoms with van der Waals surface area (Å²) < 4.78 is 36.3. The van der Waals surface area contributed by atoms with Gasteiger partial charge in [0.1, 0.15) is 0 Å². The maximum absolute atomic E-state index is 13.1. The van der Waals surface area contributed by atoms with Crippen molar-refractivity contribution in [2.45, 2.75) is 31.7 Å². The van der Waals surface area contributed by atoms with Gasteiger partial charge in [0.05, 0.1) is 19.8 Å². The number of benzene rings is 1. The van der Waals surface area contributed by atoms with Gasteiger partial charge in [-0.1, -0.05) is 0 Å². The van der Waals surface area contributed by atoms with Crippen LogP contribution < -0.4 is 14.8 Å². The lowest BCUT2D eigenvalue weighted by molar-refractivity contribution is 0.146. The lowest BCUT2D eigenvalue weighted by Gasteiger charge is -2.16. The molecule has 0 bridgehead atoms. The van der Waals surface area contributed by atoms with Crippen molar-refractivity contribution in [1.82, 2.24) is 5.32 Å². The molecule has 1 heterocycles. The summed E-state index contributed by atoms with van der Waals surface area (Å²) in [5.74, 6) is 0.494. The van der Waals surface area contributed by atoms with E-state index in [4.69, 9.17) is 9.47 Å². The molecule has 1 unspecified atom stereocenters. The molecule has 0 aromatic heterocycles. The van der Waals surface area contributed by atoms with Gasteiger partial charge < -0.3 is 14.8 Å². The quantitative estimate of drug-likeness (QED) is 0.893. The number of halogens is 2. The Kier molecular flexibility index (Phi) is 4.58. The van der Waals surface area contributed by atoms with Crippen molar-refractivity contribution in [2.24, 2.45) is 0 Å². The van der Waals surface area contributed by atoms with Crippen molar-refractivity contribution in [1.29, 1.82) is 0 Å². The molecular weight excluding hydrogens is 252 g/mol. The molecule has 106 valence electrons. The average Bonchev–Trinajstić information content (AvgIpc) is 2.90. The van der Waals surface area contributed by atoms with E-state index in [0.29, 0.717) is 11.8 Å². The first kappa shape index (κ1) is 14.1. The van der Waals surface area contributed by atoms with Crippen LogP contribution in [0.3, 0.4) is 0 Å². The third-order valence-corrected chi connectivity index (χ3v) is 3.45. The van der Waals surface area contributed by atoms with Crippen LogP contribution in [0.2, 0.25) is 0 Å². The Balaban J connectivity index is 2.30. The van der Waals surface area contributed by atoms with E-state index in [-0.39, 0.29) is 11.3 Å². The first-order valence-electron chi connectivity index (χ1n) is 6.42. The summed E-state index contributed by atoms with van der Waals surface area (Å²) in [6.45, 7) is 1.000. The molecule has 0 saturated carbocycles. The fraction of sp³-hybridized carbons (Fsp3) is 0.571. The minimum absolute atomic E-state index is 0.102. The van der Waals surface area contributed by atoms with E-state index in [9.17, 15) is 8.78 Å². The summed E-state index contributed by atoms with van der Waals surface area (Å²) in [5.41, 5.74) is 0.752. The van der Waals surface area contributed by atoms with Crippen molar-refractivity contribution in [3.05, 3.63) is 23.3 Å². The van der Waals surface area contributed by atoms with Gasteiger partial charge in [0.15, 0.2) is 11.5 Å². The Bertz CT molecular complexity index is 432. The SMILES string of the molecule is COc1cc(CC2CCCN2)cc(C(F)F)c1OC. The predicted molar refractivity (Wildman–Crippen MR) is 69.2 cm³/mol. The number of ether oxygens (including phenoxy) is 2. The van der Waals surface area contributed by atoms with Crippen LogP contribution >= 0.6 is 0 Å². The van der Waals surface area contributed by atoms with Gasteiger partial charge >= 0.3 is 0 Å². The zero-order chi connectivity index (χ0) is 13.8. The molecule has 0 radical (unpaired) electrons. The molecule has 1 aliphatic rings. The molecule has 1 fully saturated rings. The number of methoxy groups -OCH3 is 2. The average molecular weight is 271 g/mol. The first-order chi connectivity index (χ1) is 9.15. The maximum atomic E-state index is 13.1.